The van der Waals surface area contributed by atoms with Crippen LogP contribution in [0.1, 0.15) is 18.9 Å². The van der Waals surface area contributed by atoms with E-state index in [2.05, 4.69) is 22.5 Å². The van der Waals surface area contributed by atoms with Gasteiger partial charge >= 0.3 is 0 Å². The lowest BCUT2D eigenvalue weighted by molar-refractivity contribution is 0.197. The van der Waals surface area contributed by atoms with E-state index in [1.165, 1.54) is 5.56 Å². The number of nitrogens with zero attached hydrogens (tertiary/aromatic N) is 1. The monoisotopic (exact) mass is 297 g/mol. The molecule has 0 saturated heterocycles. The minimum atomic E-state index is 0.744. The van der Waals surface area contributed by atoms with Crippen molar-refractivity contribution in [2.75, 3.05) is 33.4 Å². The van der Waals surface area contributed by atoms with Crippen molar-refractivity contribution in [3.05, 3.63) is 34.9 Å². The van der Waals surface area contributed by atoms with Crippen molar-refractivity contribution < 1.29 is 4.74 Å². The number of rotatable bonds is 8. The maximum absolute atomic E-state index is 5.87. The summed E-state index contributed by atoms with van der Waals surface area (Å²) in [6.45, 7) is 5.28. The zero-order valence-corrected chi connectivity index (χ0v) is 13.0. The van der Waals surface area contributed by atoms with Gasteiger partial charge in [0.15, 0.2) is 5.96 Å². The van der Waals surface area contributed by atoms with Crippen LogP contribution in [0.2, 0.25) is 5.02 Å². The van der Waals surface area contributed by atoms with Crippen LogP contribution >= 0.6 is 11.6 Å². The van der Waals surface area contributed by atoms with E-state index in [4.69, 9.17) is 16.3 Å². The van der Waals surface area contributed by atoms with Gasteiger partial charge in [0.1, 0.15) is 0 Å². The number of hydrogen-bond donors (Lipinski definition) is 2. The van der Waals surface area contributed by atoms with Crippen LogP contribution < -0.4 is 10.6 Å². The maximum Gasteiger partial charge on any atom is 0.191 e. The van der Waals surface area contributed by atoms with Crippen LogP contribution in [-0.4, -0.2) is 39.3 Å². The van der Waals surface area contributed by atoms with Crippen molar-refractivity contribution in [1.82, 2.24) is 10.6 Å². The molecule has 4 nitrogen and oxygen atoms in total. The quantitative estimate of drug-likeness (QED) is 0.440. The van der Waals surface area contributed by atoms with Gasteiger partial charge in [-0.2, -0.15) is 0 Å². The number of ether oxygens (including phenoxy) is 1. The van der Waals surface area contributed by atoms with Crippen LogP contribution in [0.4, 0.5) is 0 Å². The fourth-order valence-corrected chi connectivity index (χ4v) is 1.84. The number of halogens is 1. The molecule has 0 aliphatic heterocycles. The molecule has 0 fully saturated rings. The largest absolute Gasteiger partial charge is 0.385 e. The van der Waals surface area contributed by atoms with E-state index in [0.717, 1.165) is 50.1 Å². The Morgan fingerprint density at radius 3 is 2.65 bits per heavy atom. The number of hydrogen-bond acceptors (Lipinski definition) is 2. The fourth-order valence-electron chi connectivity index (χ4n) is 1.72. The lowest BCUT2D eigenvalue weighted by Gasteiger charge is -2.11. The van der Waals surface area contributed by atoms with Gasteiger partial charge in [0.05, 0.1) is 0 Å². The molecule has 112 valence electrons. The summed E-state index contributed by atoms with van der Waals surface area (Å²) in [4.78, 5) is 4.49. The first kappa shape index (κ1) is 16.8. The lowest BCUT2D eigenvalue weighted by Crippen LogP contribution is -2.38. The van der Waals surface area contributed by atoms with Crippen LogP contribution in [0, 0.1) is 0 Å². The molecule has 0 saturated carbocycles. The molecule has 0 aliphatic carbocycles. The second-order valence-electron chi connectivity index (χ2n) is 4.41. The van der Waals surface area contributed by atoms with Gasteiger partial charge < -0.3 is 15.4 Å². The zero-order valence-electron chi connectivity index (χ0n) is 12.3. The highest BCUT2D eigenvalue weighted by Crippen LogP contribution is 2.09. The lowest BCUT2D eigenvalue weighted by atomic mass is 10.1. The summed E-state index contributed by atoms with van der Waals surface area (Å²) in [6, 6.07) is 7.93. The van der Waals surface area contributed by atoms with Crippen molar-refractivity contribution in [3.63, 3.8) is 0 Å². The van der Waals surface area contributed by atoms with E-state index in [1.807, 2.05) is 24.3 Å². The number of aliphatic imine (C=N–C) groups is 1. The molecule has 0 spiro atoms. The number of guanidine groups is 1. The van der Waals surface area contributed by atoms with Crippen LogP contribution in [0.25, 0.3) is 0 Å². The first-order chi connectivity index (χ1) is 9.76. The molecule has 0 amide bonds. The minimum absolute atomic E-state index is 0.744. The highest BCUT2D eigenvalue weighted by molar-refractivity contribution is 6.30. The Morgan fingerprint density at radius 2 is 2.00 bits per heavy atom. The van der Waals surface area contributed by atoms with E-state index in [9.17, 15) is 0 Å². The van der Waals surface area contributed by atoms with E-state index in [0.29, 0.717) is 0 Å². The Morgan fingerprint density at radius 1 is 1.25 bits per heavy atom. The van der Waals surface area contributed by atoms with Gasteiger partial charge in [-0.15, -0.1) is 0 Å². The van der Waals surface area contributed by atoms with Gasteiger partial charge in [-0.05, 0) is 37.5 Å². The molecule has 0 heterocycles. The van der Waals surface area contributed by atoms with Crippen LogP contribution in [0.15, 0.2) is 29.3 Å². The van der Waals surface area contributed by atoms with E-state index < -0.39 is 0 Å². The van der Waals surface area contributed by atoms with Crippen molar-refractivity contribution >= 4 is 17.6 Å². The summed E-state index contributed by atoms with van der Waals surface area (Å²) < 4.78 is 5.01. The van der Waals surface area contributed by atoms with Gasteiger partial charge in [-0.3, -0.25) is 4.99 Å². The average molecular weight is 298 g/mol. The number of benzene rings is 1. The molecule has 2 N–H and O–H groups in total. The molecule has 0 aliphatic rings. The summed E-state index contributed by atoms with van der Waals surface area (Å²) in [5, 5.41) is 7.33. The van der Waals surface area contributed by atoms with Crippen molar-refractivity contribution in [3.8, 4) is 0 Å². The highest BCUT2D eigenvalue weighted by atomic mass is 35.5. The van der Waals surface area contributed by atoms with Crippen LogP contribution in [0.5, 0.6) is 0 Å². The zero-order chi connectivity index (χ0) is 14.6. The topological polar surface area (TPSA) is 45.7 Å². The summed E-state index contributed by atoms with van der Waals surface area (Å²) >= 11 is 5.87. The van der Waals surface area contributed by atoms with Gasteiger partial charge in [0.25, 0.3) is 0 Å². The Labute approximate surface area is 126 Å². The van der Waals surface area contributed by atoms with Gasteiger partial charge in [0, 0.05) is 38.4 Å². The van der Waals surface area contributed by atoms with E-state index in [-0.39, 0.29) is 0 Å². The molecular formula is C15H24ClN3O. The Kier molecular flexibility index (Phi) is 8.83. The van der Waals surface area contributed by atoms with Crippen LogP contribution in [0.3, 0.4) is 0 Å². The predicted molar refractivity (Wildman–Crippen MR) is 85.6 cm³/mol. The van der Waals surface area contributed by atoms with E-state index in [1.54, 1.807) is 7.11 Å². The Balaban J connectivity index is 2.32. The molecule has 0 bridgehead atoms. The third-order valence-corrected chi connectivity index (χ3v) is 2.99. The SMILES string of the molecule is CCNC(=NCCCOC)NCCc1ccc(Cl)cc1. The number of nitrogens with one attached hydrogen (secondary N) is 2. The average Bonchev–Trinajstić information content (AvgIpc) is 2.45. The smallest absolute Gasteiger partial charge is 0.191 e. The molecule has 5 heteroatoms. The van der Waals surface area contributed by atoms with Crippen molar-refractivity contribution in [1.29, 1.82) is 0 Å². The molecule has 1 aromatic carbocycles. The third-order valence-electron chi connectivity index (χ3n) is 2.74. The molecule has 1 rings (SSSR count). The fraction of sp³-hybridized carbons (Fsp3) is 0.533. The summed E-state index contributed by atoms with van der Waals surface area (Å²) in [5.41, 5.74) is 1.26. The second-order valence-corrected chi connectivity index (χ2v) is 4.85. The predicted octanol–water partition coefficient (Wildman–Crippen LogP) is 2.47. The van der Waals surface area contributed by atoms with Gasteiger partial charge in [-0.25, -0.2) is 0 Å². The molecule has 1 aromatic rings. The van der Waals surface area contributed by atoms with Crippen molar-refractivity contribution in [2.24, 2.45) is 4.99 Å². The Bertz CT molecular complexity index is 393. The normalized spacial score (nSPS) is 11.4. The molecule has 20 heavy (non-hydrogen) atoms. The Hall–Kier alpha value is -1.26. The second kappa shape index (κ2) is 10.5. The standard InChI is InChI=1S/C15H24ClN3O/c1-3-17-15(18-10-4-12-20-2)19-11-9-13-5-7-14(16)8-6-13/h5-8H,3-4,9-12H2,1-2H3,(H2,17,18,19). The van der Waals surface area contributed by atoms with Gasteiger partial charge in [0.2, 0.25) is 0 Å². The maximum atomic E-state index is 5.87. The molecule has 0 radical (unpaired) electrons. The molecular weight excluding hydrogens is 274 g/mol. The summed E-state index contributed by atoms with van der Waals surface area (Å²) in [5.74, 6) is 0.859. The minimum Gasteiger partial charge on any atom is -0.385 e. The highest BCUT2D eigenvalue weighted by Gasteiger charge is 1.98. The number of methoxy groups -OCH3 is 1. The van der Waals surface area contributed by atoms with E-state index >= 15 is 0 Å². The molecule has 0 aromatic heterocycles. The van der Waals surface area contributed by atoms with Crippen molar-refractivity contribution in [2.45, 2.75) is 19.8 Å². The van der Waals surface area contributed by atoms with Gasteiger partial charge in [-0.1, -0.05) is 23.7 Å². The first-order valence-electron chi connectivity index (χ1n) is 7.01. The van der Waals surface area contributed by atoms with Crippen LogP contribution in [-0.2, 0) is 11.2 Å². The molecule has 0 unspecified atom stereocenters. The first-order valence-corrected chi connectivity index (χ1v) is 7.39. The summed E-state index contributed by atoms with van der Waals surface area (Å²) in [7, 11) is 1.71. The third kappa shape index (κ3) is 7.36. The summed E-state index contributed by atoms with van der Waals surface area (Å²) in [6.07, 6.45) is 1.88. The molecule has 0 atom stereocenters.